The lowest BCUT2D eigenvalue weighted by molar-refractivity contribution is 0.568. The van der Waals surface area contributed by atoms with Crippen molar-refractivity contribution in [2.45, 2.75) is 157 Å². The Kier molecular flexibility index (Phi) is 11.7. The molecule has 6 aromatic rings. The molecule has 0 unspecified atom stereocenters. The molecule has 5 heterocycles. The summed E-state index contributed by atoms with van der Waals surface area (Å²) in [6.45, 7) is 41.4. The Morgan fingerprint density at radius 1 is 0.338 bits per heavy atom. The zero-order chi connectivity index (χ0) is 49.7. The van der Waals surface area contributed by atoms with Gasteiger partial charge in [-0.1, -0.05) is 185 Å². The lowest BCUT2D eigenvalue weighted by Crippen LogP contribution is -2.16. The van der Waals surface area contributed by atoms with Gasteiger partial charge in [0, 0.05) is 38.8 Å². The predicted octanol–water partition coefficient (Wildman–Crippen LogP) is 17.4. The molecule has 3 aromatic carbocycles. The summed E-state index contributed by atoms with van der Waals surface area (Å²) in [6, 6.07) is 30.4. The van der Waals surface area contributed by atoms with Gasteiger partial charge in [-0.25, -0.2) is 9.97 Å². The van der Waals surface area contributed by atoms with Crippen LogP contribution < -0.4 is 0 Å². The van der Waals surface area contributed by atoms with Crippen LogP contribution in [0.15, 0.2) is 78.9 Å². The Morgan fingerprint density at radius 2 is 0.574 bits per heavy atom. The van der Waals surface area contributed by atoms with E-state index in [0.29, 0.717) is 5.56 Å². The maximum atomic E-state index is 6.47. The Bertz CT molecular complexity index is 3000. The molecule has 0 spiro atoms. The van der Waals surface area contributed by atoms with Crippen molar-refractivity contribution in [3.05, 3.63) is 141 Å². The maximum absolute atomic E-state index is 6.47. The number of fused-ring (bicyclic) bond motifs is 8. The number of aromatic amines is 2. The topological polar surface area (TPSA) is 57.4 Å². The van der Waals surface area contributed by atoms with E-state index >= 15 is 0 Å². The average Bonchev–Trinajstić information content (AvgIpc) is 4.07. The van der Waals surface area contributed by atoms with Crippen LogP contribution in [0.5, 0.6) is 0 Å². The first-order chi connectivity index (χ1) is 31.4. The van der Waals surface area contributed by atoms with E-state index in [1.54, 1.807) is 0 Å². The third-order valence-corrected chi connectivity index (χ3v) is 13.8. The van der Waals surface area contributed by atoms with Crippen LogP contribution in [0, 0.1) is 12.3 Å². The lowest BCUT2D eigenvalue weighted by atomic mass is 9.78. The van der Waals surface area contributed by atoms with E-state index in [2.05, 4.69) is 244 Å². The van der Waals surface area contributed by atoms with E-state index in [9.17, 15) is 0 Å². The highest BCUT2D eigenvalue weighted by Gasteiger charge is 2.27. The number of nitrogens with zero attached hydrogens (tertiary/aromatic N) is 2. The molecule has 0 atom stereocenters. The SMILES string of the molecule is C#Cc1c2nc(c(-c3cc(C(C)(C)C)cc(C(C)(C)C)c3)c3ccc([nH]3)c(-c3cc(C(C)(C)C)cc(C(C)(C)C)c3)c3ccc([nH]3)c(-c3cc(C(C)(C)C)cc(C(C)(C)C)c3)c3nc1C=C3)C=C2. The number of aromatic nitrogens is 4. The highest BCUT2D eigenvalue weighted by atomic mass is 14.8. The van der Waals surface area contributed by atoms with Gasteiger partial charge in [0.2, 0.25) is 0 Å². The quantitative estimate of drug-likeness (QED) is 0.174. The third kappa shape index (κ3) is 9.47. The summed E-state index contributed by atoms with van der Waals surface area (Å²) < 4.78 is 0. The van der Waals surface area contributed by atoms with Crippen molar-refractivity contribution in [3.63, 3.8) is 0 Å². The summed E-state index contributed by atoms with van der Waals surface area (Å²) in [7, 11) is 0. The van der Waals surface area contributed by atoms with E-state index in [-0.39, 0.29) is 32.5 Å². The van der Waals surface area contributed by atoms with Gasteiger partial charge in [-0.2, -0.15) is 0 Å². The van der Waals surface area contributed by atoms with Crippen LogP contribution in [0.25, 0.3) is 79.8 Å². The van der Waals surface area contributed by atoms with Gasteiger partial charge in [0.15, 0.2) is 0 Å². The van der Waals surface area contributed by atoms with Crippen LogP contribution in [-0.4, -0.2) is 19.9 Å². The van der Waals surface area contributed by atoms with Crippen molar-refractivity contribution in [1.29, 1.82) is 0 Å². The molecule has 4 heteroatoms. The van der Waals surface area contributed by atoms with E-state index in [1.165, 1.54) is 33.4 Å². The van der Waals surface area contributed by atoms with Gasteiger partial charge in [-0.3, -0.25) is 0 Å². The molecule has 2 N–H and O–H groups in total. The van der Waals surface area contributed by atoms with Gasteiger partial charge in [0.1, 0.15) is 0 Å². The van der Waals surface area contributed by atoms with Crippen molar-refractivity contribution in [2.24, 2.45) is 0 Å². The number of hydrogen-bond acceptors (Lipinski definition) is 2. The summed E-state index contributed by atoms with van der Waals surface area (Å²) in [5.74, 6) is 3.03. The highest BCUT2D eigenvalue weighted by Crippen LogP contribution is 2.42. The first-order valence-electron chi connectivity index (χ1n) is 24.5. The van der Waals surface area contributed by atoms with Crippen molar-refractivity contribution in [2.75, 3.05) is 0 Å². The molecule has 0 fully saturated rings. The van der Waals surface area contributed by atoms with E-state index in [1.807, 2.05) is 0 Å². The van der Waals surface area contributed by atoms with Crippen molar-refractivity contribution in [1.82, 2.24) is 19.9 Å². The number of rotatable bonds is 3. The molecule has 3 aromatic heterocycles. The molecule has 2 aliphatic rings. The lowest BCUT2D eigenvalue weighted by Gasteiger charge is -2.26. The first kappa shape index (κ1) is 48.3. The molecule has 4 nitrogen and oxygen atoms in total. The fraction of sp³-hybridized carbons (Fsp3) is 0.375. The van der Waals surface area contributed by atoms with Gasteiger partial charge in [-0.15, -0.1) is 6.42 Å². The van der Waals surface area contributed by atoms with E-state index < -0.39 is 0 Å². The minimum atomic E-state index is -0.0840. The van der Waals surface area contributed by atoms with E-state index in [4.69, 9.17) is 16.4 Å². The number of terminal acetylenes is 1. The Labute approximate surface area is 407 Å². The summed E-state index contributed by atoms with van der Waals surface area (Å²) in [5.41, 5.74) is 21.5. The Morgan fingerprint density at radius 3 is 0.824 bits per heavy atom. The van der Waals surface area contributed by atoms with Crippen LogP contribution in [0.4, 0.5) is 0 Å². The van der Waals surface area contributed by atoms with Crippen LogP contribution in [-0.2, 0) is 32.5 Å². The smallest absolute Gasteiger partial charge is 0.0816 e. The molecule has 68 heavy (non-hydrogen) atoms. The number of hydrogen-bond donors (Lipinski definition) is 2. The Balaban J connectivity index is 1.61. The third-order valence-electron chi connectivity index (χ3n) is 13.8. The van der Waals surface area contributed by atoms with Gasteiger partial charge < -0.3 is 9.97 Å². The molecule has 0 saturated heterocycles. The van der Waals surface area contributed by atoms with Crippen LogP contribution >= 0.6 is 0 Å². The molecular weight excluding hydrogens is 825 g/mol. The first-order valence-corrected chi connectivity index (χ1v) is 24.5. The monoisotopic (exact) mass is 899 g/mol. The second-order valence-electron chi connectivity index (χ2n) is 25.5. The normalized spacial score (nSPS) is 13.6. The number of H-pyrrole nitrogens is 2. The van der Waals surface area contributed by atoms with E-state index in [0.717, 1.165) is 78.2 Å². The maximum Gasteiger partial charge on any atom is 0.0816 e. The van der Waals surface area contributed by atoms with Crippen molar-refractivity contribution < 1.29 is 0 Å². The number of benzene rings is 3. The predicted molar refractivity (Wildman–Crippen MR) is 295 cm³/mol. The molecule has 350 valence electrons. The van der Waals surface area contributed by atoms with Crippen LogP contribution in [0.1, 0.15) is 186 Å². The van der Waals surface area contributed by atoms with Crippen molar-refractivity contribution in [3.8, 4) is 45.7 Å². The highest BCUT2D eigenvalue weighted by molar-refractivity contribution is 5.99. The van der Waals surface area contributed by atoms with Gasteiger partial charge in [0.25, 0.3) is 0 Å². The standard InChI is InChI=1S/C64H74N4/c1-20-47-48-21-23-50(65-48)56(38-29-41(59(2,3)4)35-42(30-38)60(5,6)7)52-25-27-54(67-52)58(40-33-45(63(14,15)16)37-46(34-40)64(17,18)19)55-28-26-53(68-55)57(51-24-22-49(47)66-51)39-31-43(61(8,9)10)36-44(32-39)62(11,12)13/h1,21-37,67-68H,2-19H3. The minimum absolute atomic E-state index is 0.0825. The summed E-state index contributed by atoms with van der Waals surface area (Å²) in [5, 5.41) is 0. The molecule has 0 saturated carbocycles. The second kappa shape index (κ2) is 16.5. The van der Waals surface area contributed by atoms with Gasteiger partial charge in [0.05, 0.1) is 28.3 Å². The molecule has 0 amide bonds. The number of nitrogens with one attached hydrogen (secondary N) is 2. The molecular formula is C64H74N4. The van der Waals surface area contributed by atoms with Gasteiger partial charge >= 0.3 is 0 Å². The molecule has 8 bridgehead atoms. The zero-order valence-corrected chi connectivity index (χ0v) is 44.3. The summed E-state index contributed by atoms with van der Waals surface area (Å²) in [6.07, 6.45) is 14.8. The molecule has 0 aliphatic carbocycles. The fourth-order valence-electron chi connectivity index (χ4n) is 9.19. The molecule has 0 radical (unpaired) electrons. The Hall–Kier alpha value is -6.18. The molecule has 2 aliphatic heterocycles. The fourth-order valence-corrected chi connectivity index (χ4v) is 9.19. The second-order valence-corrected chi connectivity index (χ2v) is 25.5. The minimum Gasteiger partial charge on any atom is -0.354 e. The van der Waals surface area contributed by atoms with Crippen LogP contribution in [0.3, 0.4) is 0 Å². The molecule has 8 rings (SSSR count). The average molecular weight is 899 g/mol. The summed E-state index contributed by atoms with van der Waals surface area (Å²) >= 11 is 0. The zero-order valence-electron chi connectivity index (χ0n) is 44.3. The van der Waals surface area contributed by atoms with Crippen LogP contribution in [0.2, 0.25) is 0 Å². The van der Waals surface area contributed by atoms with Crippen molar-refractivity contribution >= 4 is 46.4 Å². The largest absolute Gasteiger partial charge is 0.354 e. The summed E-state index contributed by atoms with van der Waals surface area (Å²) in [4.78, 5) is 18.9. The van der Waals surface area contributed by atoms with Gasteiger partial charge in [-0.05, 0) is 131 Å².